The van der Waals surface area contributed by atoms with Crippen molar-refractivity contribution in [2.45, 2.75) is 25.0 Å². The van der Waals surface area contributed by atoms with Gasteiger partial charge in [-0.15, -0.1) is 0 Å². The Labute approximate surface area is 177 Å². The van der Waals surface area contributed by atoms with E-state index in [-0.39, 0.29) is 11.5 Å². The molecule has 2 aromatic carbocycles. The molecule has 0 bridgehead atoms. The lowest BCUT2D eigenvalue weighted by Gasteiger charge is -2.44. The van der Waals surface area contributed by atoms with Crippen LogP contribution in [-0.2, 0) is 0 Å². The number of halogens is 1. The number of rotatable bonds is 4. The summed E-state index contributed by atoms with van der Waals surface area (Å²) in [5, 5.41) is 3.97. The number of nitrogens with zero attached hydrogens (tertiary/aromatic N) is 1. The maximum atomic E-state index is 12.9. The smallest absolute Gasteiger partial charge is 0.200 e. The fraction of sp³-hybridized carbons (Fsp3) is 0.348. The Morgan fingerprint density at radius 2 is 1.83 bits per heavy atom. The van der Waals surface area contributed by atoms with Gasteiger partial charge in [0.15, 0.2) is 5.43 Å². The van der Waals surface area contributed by atoms with Gasteiger partial charge < -0.3 is 14.5 Å². The molecule has 1 saturated carbocycles. The minimum Gasteiger partial charge on any atom is -0.490 e. The van der Waals surface area contributed by atoms with E-state index in [4.69, 9.17) is 9.15 Å². The first-order valence-electron chi connectivity index (χ1n) is 10.1. The Morgan fingerprint density at radius 1 is 1.07 bits per heavy atom. The molecular formula is C23H23BrN2O3. The number of piperazine rings is 1. The molecule has 1 N–H and O–H groups in total. The monoisotopic (exact) mass is 454 g/mol. The number of hydrogen-bond donors (Lipinski definition) is 1. The van der Waals surface area contributed by atoms with Gasteiger partial charge in [0.1, 0.15) is 23.7 Å². The van der Waals surface area contributed by atoms with Gasteiger partial charge in [-0.25, -0.2) is 0 Å². The van der Waals surface area contributed by atoms with Crippen LogP contribution >= 0.6 is 15.9 Å². The minimum atomic E-state index is -0.0254. The molecule has 2 heterocycles. The summed E-state index contributed by atoms with van der Waals surface area (Å²) in [7, 11) is 0. The van der Waals surface area contributed by atoms with E-state index in [1.807, 2.05) is 42.5 Å². The topological polar surface area (TPSA) is 54.7 Å². The lowest BCUT2D eigenvalue weighted by atomic mass is 9.87. The quantitative estimate of drug-likeness (QED) is 0.644. The van der Waals surface area contributed by atoms with Crippen LogP contribution in [0.1, 0.15) is 12.8 Å². The maximum absolute atomic E-state index is 12.9. The highest BCUT2D eigenvalue weighted by molar-refractivity contribution is 9.10. The molecule has 29 heavy (non-hydrogen) atoms. The molecular weight excluding hydrogens is 432 g/mol. The van der Waals surface area contributed by atoms with Crippen molar-refractivity contribution in [3.05, 3.63) is 63.4 Å². The average Bonchev–Trinajstić information content (AvgIpc) is 2.72. The summed E-state index contributed by atoms with van der Waals surface area (Å²) in [6.07, 6.45) is 3.90. The fourth-order valence-electron chi connectivity index (χ4n) is 4.18. The third-order valence-electron chi connectivity index (χ3n) is 5.94. The van der Waals surface area contributed by atoms with Crippen LogP contribution in [0.15, 0.2) is 62.4 Å². The van der Waals surface area contributed by atoms with Crippen molar-refractivity contribution < 1.29 is 9.15 Å². The van der Waals surface area contributed by atoms with Gasteiger partial charge in [-0.1, -0.05) is 28.1 Å². The molecule has 1 aliphatic heterocycles. The summed E-state index contributed by atoms with van der Waals surface area (Å²) >= 11 is 3.42. The van der Waals surface area contributed by atoms with Crippen molar-refractivity contribution in [1.82, 2.24) is 10.2 Å². The maximum Gasteiger partial charge on any atom is 0.200 e. The second-order valence-corrected chi connectivity index (χ2v) is 8.71. The van der Waals surface area contributed by atoms with Gasteiger partial charge in [-0.05, 0) is 29.8 Å². The highest BCUT2D eigenvalue weighted by Gasteiger charge is 2.35. The zero-order valence-electron chi connectivity index (χ0n) is 16.1. The third-order valence-corrected chi connectivity index (χ3v) is 6.47. The molecule has 5 rings (SSSR count). The molecule has 1 aromatic heterocycles. The Bertz CT molecular complexity index is 1070. The fourth-order valence-corrected chi connectivity index (χ4v) is 4.45. The number of hydrogen-bond acceptors (Lipinski definition) is 5. The van der Waals surface area contributed by atoms with E-state index in [1.54, 1.807) is 6.26 Å². The van der Waals surface area contributed by atoms with E-state index >= 15 is 0 Å². The SMILES string of the molecule is O=c1c(-c2ccc(Br)cc2)coc2cc(OC3CC(N4CCNCC4)C3)ccc12. The van der Waals surface area contributed by atoms with E-state index in [9.17, 15) is 4.79 Å². The van der Waals surface area contributed by atoms with Crippen LogP contribution in [-0.4, -0.2) is 43.2 Å². The molecule has 0 amide bonds. The molecule has 2 aliphatic rings. The first-order chi connectivity index (χ1) is 14.2. The van der Waals surface area contributed by atoms with Crippen molar-refractivity contribution in [2.24, 2.45) is 0 Å². The molecule has 1 aliphatic carbocycles. The average molecular weight is 455 g/mol. The van der Waals surface area contributed by atoms with Crippen LogP contribution < -0.4 is 15.5 Å². The summed E-state index contributed by atoms with van der Waals surface area (Å²) in [6.45, 7) is 4.40. The van der Waals surface area contributed by atoms with Crippen LogP contribution in [0.25, 0.3) is 22.1 Å². The van der Waals surface area contributed by atoms with Crippen molar-refractivity contribution in [3.8, 4) is 16.9 Å². The number of fused-ring (bicyclic) bond motifs is 1. The third kappa shape index (κ3) is 3.84. The summed E-state index contributed by atoms with van der Waals surface area (Å²) in [5.74, 6) is 0.765. The van der Waals surface area contributed by atoms with Crippen LogP contribution in [0.2, 0.25) is 0 Å². The molecule has 2 fully saturated rings. The summed E-state index contributed by atoms with van der Waals surface area (Å²) in [5.41, 5.74) is 1.95. The van der Waals surface area contributed by atoms with E-state index in [0.29, 0.717) is 22.6 Å². The summed E-state index contributed by atoms with van der Waals surface area (Å²) in [6, 6.07) is 13.8. The van der Waals surface area contributed by atoms with E-state index in [2.05, 4.69) is 26.1 Å². The van der Waals surface area contributed by atoms with E-state index in [1.165, 1.54) is 0 Å². The second kappa shape index (κ2) is 7.94. The summed E-state index contributed by atoms with van der Waals surface area (Å²) in [4.78, 5) is 15.5. The number of nitrogens with one attached hydrogen (secondary N) is 1. The molecule has 150 valence electrons. The van der Waals surface area contributed by atoms with Gasteiger partial charge in [0.05, 0.1) is 10.9 Å². The Hall–Kier alpha value is -2.15. The molecule has 0 spiro atoms. The van der Waals surface area contributed by atoms with Gasteiger partial charge in [-0.2, -0.15) is 0 Å². The van der Waals surface area contributed by atoms with Crippen molar-refractivity contribution in [3.63, 3.8) is 0 Å². The van der Waals surface area contributed by atoms with E-state index in [0.717, 1.165) is 54.8 Å². The lowest BCUT2D eigenvalue weighted by Crippen LogP contribution is -2.55. The zero-order chi connectivity index (χ0) is 19.8. The Balaban J connectivity index is 1.30. The molecule has 0 radical (unpaired) electrons. The Morgan fingerprint density at radius 3 is 2.59 bits per heavy atom. The number of benzene rings is 2. The first kappa shape index (κ1) is 18.9. The largest absolute Gasteiger partial charge is 0.490 e. The lowest BCUT2D eigenvalue weighted by molar-refractivity contribution is 0.0121. The van der Waals surface area contributed by atoms with Gasteiger partial charge in [0, 0.05) is 55.6 Å². The normalized spacial score (nSPS) is 22.4. The molecule has 0 unspecified atom stereocenters. The van der Waals surface area contributed by atoms with Crippen LogP contribution in [0.5, 0.6) is 5.75 Å². The van der Waals surface area contributed by atoms with Gasteiger partial charge in [-0.3, -0.25) is 9.69 Å². The van der Waals surface area contributed by atoms with Gasteiger partial charge >= 0.3 is 0 Å². The minimum absolute atomic E-state index is 0.0254. The zero-order valence-corrected chi connectivity index (χ0v) is 17.7. The number of ether oxygens (including phenoxy) is 1. The van der Waals surface area contributed by atoms with Gasteiger partial charge in [0.2, 0.25) is 0 Å². The molecule has 6 heteroatoms. The van der Waals surface area contributed by atoms with Crippen LogP contribution in [0.3, 0.4) is 0 Å². The van der Waals surface area contributed by atoms with E-state index < -0.39 is 0 Å². The van der Waals surface area contributed by atoms with Crippen molar-refractivity contribution >= 4 is 26.9 Å². The van der Waals surface area contributed by atoms with Crippen LogP contribution in [0, 0.1) is 0 Å². The van der Waals surface area contributed by atoms with Gasteiger partial charge in [0.25, 0.3) is 0 Å². The van der Waals surface area contributed by atoms with Crippen LogP contribution in [0.4, 0.5) is 0 Å². The second-order valence-electron chi connectivity index (χ2n) is 7.79. The Kier molecular flexibility index (Phi) is 5.16. The predicted molar refractivity (Wildman–Crippen MR) is 118 cm³/mol. The van der Waals surface area contributed by atoms with Crippen molar-refractivity contribution in [1.29, 1.82) is 0 Å². The highest BCUT2D eigenvalue weighted by atomic mass is 79.9. The standard InChI is InChI=1S/C23H23BrN2O3/c24-16-3-1-15(2-4-16)21-14-28-22-13-18(5-6-20(22)23(21)27)29-19-11-17(12-19)26-9-7-25-8-10-26/h1-6,13-14,17,19,25H,7-12H2. The molecule has 1 saturated heterocycles. The highest BCUT2D eigenvalue weighted by Crippen LogP contribution is 2.31. The molecule has 0 atom stereocenters. The summed E-state index contributed by atoms with van der Waals surface area (Å²) < 4.78 is 12.9. The van der Waals surface area contributed by atoms with Crippen molar-refractivity contribution in [2.75, 3.05) is 26.2 Å². The molecule has 5 nitrogen and oxygen atoms in total. The molecule has 3 aromatic rings. The predicted octanol–water partition coefficient (Wildman–Crippen LogP) is 4.04. The first-order valence-corrected chi connectivity index (χ1v) is 10.9.